The topological polar surface area (TPSA) is 118 Å². The third-order valence-electron chi connectivity index (χ3n) is 4.55. The van der Waals surface area contributed by atoms with Gasteiger partial charge >= 0.3 is 5.69 Å². The van der Waals surface area contributed by atoms with E-state index in [9.17, 15) is 14.7 Å². The van der Waals surface area contributed by atoms with Crippen LogP contribution < -0.4 is 11.2 Å². The standard InChI is InChI=1S/C17H18N6O4/c1-21-12(10-24)7-15(27-21)22-8-13(16(25)18-17(22)26)14-9-23(20-19-14)11-5-3-2-4-6-11/h2-6,8-9,12,15,24H,7,10H2,1H3,(H,18,25,26). The Bertz CT molecular complexity index is 1060. The Hall–Kier alpha value is -3.08. The summed E-state index contributed by atoms with van der Waals surface area (Å²) in [5, 5.41) is 19.0. The Kier molecular flexibility index (Phi) is 4.44. The molecule has 0 radical (unpaired) electrons. The van der Waals surface area contributed by atoms with Gasteiger partial charge in [-0.3, -0.25) is 19.2 Å². The van der Waals surface area contributed by atoms with Crippen LogP contribution in [0.2, 0.25) is 0 Å². The molecule has 2 N–H and O–H groups in total. The zero-order valence-electron chi connectivity index (χ0n) is 14.5. The number of likely N-dealkylation sites (N-methyl/N-ethyl adjacent to an activating group) is 1. The summed E-state index contributed by atoms with van der Waals surface area (Å²) in [6.07, 6.45) is 2.82. The van der Waals surface area contributed by atoms with Gasteiger partial charge in [0.15, 0.2) is 6.23 Å². The summed E-state index contributed by atoms with van der Waals surface area (Å²) in [5.74, 6) is 0. The Labute approximate surface area is 153 Å². The fraction of sp³-hybridized carbons (Fsp3) is 0.294. The summed E-state index contributed by atoms with van der Waals surface area (Å²) in [7, 11) is 1.68. The summed E-state index contributed by atoms with van der Waals surface area (Å²) in [4.78, 5) is 32.4. The van der Waals surface area contributed by atoms with Crippen LogP contribution in [-0.2, 0) is 4.84 Å². The number of para-hydroxylation sites is 1. The average molecular weight is 370 g/mol. The van der Waals surface area contributed by atoms with Gasteiger partial charge in [0.2, 0.25) is 0 Å². The van der Waals surface area contributed by atoms with E-state index in [-0.39, 0.29) is 18.2 Å². The van der Waals surface area contributed by atoms with Crippen molar-refractivity contribution < 1.29 is 9.94 Å². The number of nitrogens with zero attached hydrogens (tertiary/aromatic N) is 5. The minimum Gasteiger partial charge on any atom is -0.395 e. The van der Waals surface area contributed by atoms with Crippen molar-refractivity contribution in [3.05, 3.63) is 63.6 Å². The second-order valence-electron chi connectivity index (χ2n) is 6.27. The lowest BCUT2D eigenvalue weighted by Gasteiger charge is -2.15. The van der Waals surface area contributed by atoms with Crippen molar-refractivity contribution in [1.82, 2.24) is 29.6 Å². The first-order valence-corrected chi connectivity index (χ1v) is 8.41. The van der Waals surface area contributed by atoms with Gasteiger partial charge < -0.3 is 5.11 Å². The van der Waals surface area contributed by atoms with E-state index in [0.717, 1.165) is 5.69 Å². The van der Waals surface area contributed by atoms with Gasteiger partial charge in [0, 0.05) is 19.7 Å². The summed E-state index contributed by atoms with van der Waals surface area (Å²) in [5.41, 5.74) is 0.194. The monoisotopic (exact) mass is 370 g/mol. The molecule has 4 rings (SSSR count). The number of benzene rings is 1. The lowest BCUT2D eigenvalue weighted by molar-refractivity contribution is -0.170. The lowest BCUT2D eigenvalue weighted by atomic mass is 10.2. The molecule has 3 heterocycles. The predicted molar refractivity (Wildman–Crippen MR) is 95.1 cm³/mol. The molecule has 3 aromatic rings. The highest BCUT2D eigenvalue weighted by Gasteiger charge is 2.32. The van der Waals surface area contributed by atoms with Gasteiger partial charge in [0.1, 0.15) is 5.69 Å². The smallest absolute Gasteiger partial charge is 0.330 e. The summed E-state index contributed by atoms with van der Waals surface area (Å²) < 4.78 is 2.84. The van der Waals surface area contributed by atoms with E-state index < -0.39 is 17.5 Å². The van der Waals surface area contributed by atoms with Crippen molar-refractivity contribution in [2.45, 2.75) is 18.7 Å². The van der Waals surface area contributed by atoms with E-state index in [1.165, 1.54) is 15.8 Å². The van der Waals surface area contributed by atoms with Crippen LogP contribution in [0.1, 0.15) is 12.6 Å². The maximum absolute atomic E-state index is 12.3. The zero-order chi connectivity index (χ0) is 19.0. The number of nitrogens with one attached hydrogen (secondary N) is 1. The molecule has 1 aliphatic rings. The Morgan fingerprint density at radius 1 is 1.26 bits per heavy atom. The molecule has 2 unspecified atom stereocenters. The average Bonchev–Trinajstić information content (AvgIpc) is 3.29. The highest BCUT2D eigenvalue weighted by atomic mass is 16.7. The Morgan fingerprint density at radius 3 is 2.74 bits per heavy atom. The number of hydroxylamine groups is 2. The van der Waals surface area contributed by atoms with Crippen LogP contribution in [0.15, 0.2) is 52.3 Å². The minimum atomic E-state index is -0.626. The van der Waals surface area contributed by atoms with Crippen LogP contribution in [0.25, 0.3) is 16.9 Å². The van der Waals surface area contributed by atoms with E-state index in [4.69, 9.17) is 4.84 Å². The number of aliphatic hydroxyl groups is 1. The molecule has 0 saturated carbocycles. The predicted octanol–water partition coefficient (Wildman–Crippen LogP) is -0.0891. The number of aliphatic hydroxyl groups excluding tert-OH is 1. The molecule has 1 aromatic carbocycles. The molecule has 10 nitrogen and oxygen atoms in total. The van der Waals surface area contributed by atoms with Gasteiger partial charge in [-0.2, -0.15) is 5.06 Å². The molecule has 0 amide bonds. The second-order valence-corrected chi connectivity index (χ2v) is 6.27. The van der Waals surface area contributed by atoms with E-state index in [1.54, 1.807) is 17.9 Å². The van der Waals surface area contributed by atoms with Gasteiger partial charge in [-0.1, -0.05) is 23.4 Å². The van der Waals surface area contributed by atoms with Crippen molar-refractivity contribution in [1.29, 1.82) is 0 Å². The lowest BCUT2D eigenvalue weighted by Crippen LogP contribution is -2.33. The van der Waals surface area contributed by atoms with Gasteiger partial charge in [-0.25, -0.2) is 9.48 Å². The van der Waals surface area contributed by atoms with Gasteiger partial charge in [-0.15, -0.1) is 5.10 Å². The largest absolute Gasteiger partial charge is 0.395 e. The van der Waals surface area contributed by atoms with E-state index in [1.807, 2.05) is 30.3 Å². The first-order valence-electron chi connectivity index (χ1n) is 8.41. The molecule has 2 atom stereocenters. The molecule has 0 bridgehead atoms. The molecule has 1 aliphatic heterocycles. The first-order chi connectivity index (χ1) is 13.1. The highest BCUT2D eigenvalue weighted by Crippen LogP contribution is 2.26. The quantitative estimate of drug-likeness (QED) is 0.659. The third-order valence-corrected chi connectivity index (χ3v) is 4.55. The zero-order valence-corrected chi connectivity index (χ0v) is 14.5. The second kappa shape index (κ2) is 6.91. The van der Waals surface area contributed by atoms with Crippen LogP contribution in [-0.4, -0.2) is 54.4 Å². The van der Waals surface area contributed by atoms with Crippen LogP contribution in [0.5, 0.6) is 0 Å². The molecule has 140 valence electrons. The number of aromatic nitrogens is 5. The number of rotatable bonds is 4. The molecule has 10 heteroatoms. The number of hydrogen-bond donors (Lipinski definition) is 2. The maximum atomic E-state index is 12.3. The molecular formula is C17H18N6O4. The van der Waals surface area contributed by atoms with E-state index in [0.29, 0.717) is 12.1 Å². The van der Waals surface area contributed by atoms with Crippen molar-refractivity contribution >= 4 is 0 Å². The summed E-state index contributed by atoms with van der Waals surface area (Å²) >= 11 is 0. The van der Waals surface area contributed by atoms with Crippen LogP contribution in [0.3, 0.4) is 0 Å². The molecule has 1 saturated heterocycles. The number of H-pyrrole nitrogens is 1. The van der Waals surface area contributed by atoms with Crippen LogP contribution in [0.4, 0.5) is 0 Å². The SMILES string of the molecule is CN1OC(n2cc(-c3cn(-c4ccccc4)nn3)c(=O)[nH]c2=O)CC1CO. The number of hydrogen-bond acceptors (Lipinski definition) is 7. The van der Waals surface area contributed by atoms with Crippen molar-refractivity contribution in [3.8, 4) is 16.9 Å². The normalized spacial score (nSPS) is 20.2. The molecule has 0 aliphatic carbocycles. The highest BCUT2D eigenvalue weighted by molar-refractivity contribution is 5.55. The van der Waals surface area contributed by atoms with Crippen LogP contribution in [0, 0.1) is 0 Å². The van der Waals surface area contributed by atoms with Crippen LogP contribution >= 0.6 is 0 Å². The van der Waals surface area contributed by atoms with E-state index >= 15 is 0 Å². The number of aromatic amines is 1. The molecule has 27 heavy (non-hydrogen) atoms. The van der Waals surface area contributed by atoms with Gasteiger partial charge in [-0.05, 0) is 12.1 Å². The van der Waals surface area contributed by atoms with Gasteiger partial charge in [0.25, 0.3) is 5.56 Å². The molecular weight excluding hydrogens is 352 g/mol. The molecule has 2 aromatic heterocycles. The van der Waals surface area contributed by atoms with Gasteiger partial charge in [0.05, 0.1) is 30.1 Å². The fourth-order valence-electron chi connectivity index (χ4n) is 3.03. The van der Waals surface area contributed by atoms with Crippen molar-refractivity contribution in [2.24, 2.45) is 0 Å². The fourth-order valence-corrected chi connectivity index (χ4v) is 3.03. The Balaban J connectivity index is 1.71. The van der Waals surface area contributed by atoms with Crippen molar-refractivity contribution in [3.63, 3.8) is 0 Å². The summed E-state index contributed by atoms with van der Waals surface area (Å²) in [6, 6.07) is 9.13. The van der Waals surface area contributed by atoms with Crippen molar-refractivity contribution in [2.75, 3.05) is 13.7 Å². The van der Waals surface area contributed by atoms with E-state index in [2.05, 4.69) is 15.3 Å². The Morgan fingerprint density at radius 2 is 2.04 bits per heavy atom. The molecule has 1 fully saturated rings. The maximum Gasteiger partial charge on any atom is 0.330 e. The summed E-state index contributed by atoms with van der Waals surface area (Å²) in [6.45, 7) is -0.0939. The first kappa shape index (κ1) is 17.3. The molecule has 0 spiro atoms. The third kappa shape index (κ3) is 3.21. The minimum absolute atomic E-state index is 0.0939.